The Bertz CT molecular complexity index is 1520. The van der Waals surface area contributed by atoms with E-state index in [1.165, 1.54) is 47.5 Å². The SMILES string of the molecule is O=C(COc1ccccc1F)N1N=C2/C(=C/c3cccc([N+](=O)[O-])c3)CCC[C@@H]2[C@@H]1c1cccc([N+](=O)[O-])c1. The molecule has 0 N–H and O–H groups in total. The van der Waals surface area contributed by atoms with Gasteiger partial charge in [0.15, 0.2) is 18.2 Å². The van der Waals surface area contributed by atoms with Gasteiger partial charge in [0.25, 0.3) is 17.3 Å². The summed E-state index contributed by atoms with van der Waals surface area (Å²) in [6.45, 7) is -0.486. The Kier molecular flexibility index (Phi) is 7.13. The number of benzene rings is 3. The average Bonchev–Trinajstić information content (AvgIpc) is 3.33. The number of nitro benzene ring substituents is 2. The van der Waals surface area contributed by atoms with Crippen molar-refractivity contribution in [1.29, 1.82) is 0 Å². The largest absolute Gasteiger partial charge is 0.481 e. The number of para-hydroxylation sites is 1. The molecule has 10 nitrogen and oxygen atoms in total. The van der Waals surface area contributed by atoms with Crippen molar-refractivity contribution in [2.24, 2.45) is 11.0 Å². The van der Waals surface area contributed by atoms with Gasteiger partial charge in [0.1, 0.15) is 0 Å². The predicted octanol–water partition coefficient (Wildman–Crippen LogP) is 5.84. The number of hydrogen-bond acceptors (Lipinski definition) is 7. The van der Waals surface area contributed by atoms with Crippen molar-refractivity contribution in [2.75, 3.05) is 6.61 Å². The molecular weight excluding hydrogens is 507 g/mol. The highest BCUT2D eigenvalue weighted by Gasteiger charge is 2.44. The number of hydrazone groups is 1. The van der Waals surface area contributed by atoms with Crippen LogP contribution in [0.4, 0.5) is 15.8 Å². The number of nitro groups is 2. The number of halogens is 1. The molecule has 0 radical (unpaired) electrons. The third-order valence-electron chi connectivity index (χ3n) is 6.79. The van der Waals surface area contributed by atoms with Crippen LogP contribution >= 0.6 is 0 Å². The summed E-state index contributed by atoms with van der Waals surface area (Å²) in [6.07, 6.45) is 3.92. The molecule has 3 aromatic rings. The van der Waals surface area contributed by atoms with Gasteiger partial charge in [-0.25, -0.2) is 9.40 Å². The van der Waals surface area contributed by atoms with Crippen molar-refractivity contribution < 1.29 is 23.8 Å². The molecular formula is C28H23FN4O6. The quantitative estimate of drug-likeness (QED) is 0.279. The summed E-state index contributed by atoms with van der Waals surface area (Å²) >= 11 is 0. The van der Waals surface area contributed by atoms with Crippen molar-refractivity contribution in [1.82, 2.24) is 5.01 Å². The van der Waals surface area contributed by atoms with Crippen molar-refractivity contribution >= 4 is 29.1 Å². The van der Waals surface area contributed by atoms with E-state index in [-0.39, 0.29) is 23.0 Å². The summed E-state index contributed by atoms with van der Waals surface area (Å²) in [5, 5.41) is 28.6. The number of amides is 1. The smallest absolute Gasteiger partial charge is 0.281 e. The molecule has 1 heterocycles. The summed E-state index contributed by atoms with van der Waals surface area (Å²) in [4.78, 5) is 35.2. The van der Waals surface area contributed by atoms with Crippen LogP contribution in [0, 0.1) is 32.0 Å². The minimum absolute atomic E-state index is 0.0401. The van der Waals surface area contributed by atoms with Crippen molar-refractivity contribution in [3.05, 3.63) is 116 Å². The average molecular weight is 531 g/mol. The van der Waals surface area contributed by atoms with Crippen LogP contribution in [-0.2, 0) is 4.79 Å². The molecule has 0 saturated heterocycles. The molecule has 11 heteroatoms. The molecule has 5 rings (SSSR count). The molecule has 2 atom stereocenters. The maximum atomic E-state index is 14.1. The van der Waals surface area contributed by atoms with E-state index in [4.69, 9.17) is 4.74 Å². The van der Waals surface area contributed by atoms with Crippen LogP contribution < -0.4 is 4.74 Å². The van der Waals surface area contributed by atoms with E-state index in [9.17, 15) is 29.4 Å². The molecule has 1 aliphatic carbocycles. The van der Waals surface area contributed by atoms with E-state index in [2.05, 4.69) is 5.10 Å². The van der Waals surface area contributed by atoms with Gasteiger partial charge in [-0.1, -0.05) is 36.4 Å². The molecule has 198 valence electrons. The lowest BCUT2D eigenvalue weighted by atomic mass is 9.77. The Labute approximate surface area is 222 Å². The fourth-order valence-corrected chi connectivity index (χ4v) is 5.06. The second-order valence-corrected chi connectivity index (χ2v) is 9.26. The van der Waals surface area contributed by atoms with Crippen molar-refractivity contribution in [3.8, 4) is 5.75 Å². The lowest BCUT2D eigenvalue weighted by Crippen LogP contribution is -2.34. The molecule has 0 unspecified atom stereocenters. The highest BCUT2D eigenvalue weighted by Crippen LogP contribution is 2.45. The van der Waals surface area contributed by atoms with Gasteiger partial charge < -0.3 is 4.74 Å². The molecule has 0 bridgehead atoms. The Balaban J connectivity index is 1.51. The fraction of sp³-hybridized carbons (Fsp3) is 0.214. The first-order valence-electron chi connectivity index (χ1n) is 12.3. The van der Waals surface area contributed by atoms with Gasteiger partial charge >= 0.3 is 0 Å². The number of carbonyl (C=O) groups excluding carboxylic acids is 1. The van der Waals surface area contributed by atoms with Gasteiger partial charge in [0, 0.05) is 30.2 Å². The van der Waals surface area contributed by atoms with Gasteiger partial charge in [0.05, 0.1) is 21.6 Å². The highest BCUT2D eigenvalue weighted by molar-refractivity contribution is 6.08. The number of allylic oxidation sites excluding steroid dienone is 1. The summed E-state index contributed by atoms with van der Waals surface area (Å²) in [7, 11) is 0. The first kappa shape index (κ1) is 25.7. The lowest BCUT2D eigenvalue weighted by molar-refractivity contribution is -0.385. The number of fused-ring (bicyclic) bond motifs is 1. The molecule has 0 aromatic heterocycles. The van der Waals surface area contributed by atoms with Gasteiger partial charge in [0.2, 0.25) is 0 Å². The highest BCUT2D eigenvalue weighted by atomic mass is 19.1. The fourth-order valence-electron chi connectivity index (χ4n) is 5.06. The van der Waals surface area contributed by atoms with Crippen LogP contribution in [0.1, 0.15) is 36.4 Å². The zero-order valence-electron chi connectivity index (χ0n) is 20.6. The van der Waals surface area contributed by atoms with E-state index < -0.39 is 34.2 Å². The van der Waals surface area contributed by atoms with Crippen LogP contribution in [0.2, 0.25) is 0 Å². The first-order chi connectivity index (χ1) is 18.8. The van der Waals surface area contributed by atoms with Gasteiger partial charge in [-0.15, -0.1) is 0 Å². The van der Waals surface area contributed by atoms with E-state index in [1.54, 1.807) is 30.3 Å². The molecule has 2 aliphatic rings. The molecule has 3 aromatic carbocycles. The number of rotatable bonds is 7. The van der Waals surface area contributed by atoms with Crippen molar-refractivity contribution in [2.45, 2.75) is 25.3 Å². The molecule has 1 amide bonds. The Morgan fingerprint density at radius 1 is 1.03 bits per heavy atom. The third kappa shape index (κ3) is 5.37. The Morgan fingerprint density at radius 3 is 2.49 bits per heavy atom. The minimum atomic E-state index is -0.634. The summed E-state index contributed by atoms with van der Waals surface area (Å²) in [5.41, 5.74) is 2.49. The second-order valence-electron chi connectivity index (χ2n) is 9.26. The number of non-ortho nitro benzene ring substituents is 2. The Morgan fingerprint density at radius 2 is 1.74 bits per heavy atom. The maximum Gasteiger partial charge on any atom is 0.281 e. The number of hydrogen-bond donors (Lipinski definition) is 0. The summed E-state index contributed by atoms with van der Waals surface area (Å²) in [5.74, 6) is -1.48. The van der Waals surface area contributed by atoms with Gasteiger partial charge in [-0.3, -0.25) is 25.0 Å². The molecule has 39 heavy (non-hydrogen) atoms. The van der Waals surface area contributed by atoms with Crippen molar-refractivity contribution in [3.63, 3.8) is 0 Å². The topological polar surface area (TPSA) is 128 Å². The maximum absolute atomic E-state index is 14.1. The molecule has 1 fully saturated rings. The van der Waals surface area contributed by atoms with Gasteiger partial charge in [-0.2, -0.15) is 5.10 Å². The Hall–Kier alpha value is -4.93. The van der Waals surface area contributed by atoms with Crippen LogP contribution in [0.15, 0.2) is 83.5 Å². The number of ether oxygens (including phenoxy) is 1. The number of carbonyl (C=O) groups is 1. The van der Waals surface area contributed by atoms with Crippen LogP contribution in [0.3, 0.4) is 0 Å². The third-order valence-corrected chi connectivity index (χ3v) is 6.79. The first-order valence-corrected chi connectivity index (χ1v) is 12.3. The van der Waals surface area contributed by atoms with E-state index in [0.29, 0.717) is 29.7 Å². The zero-order chi connectivity index (χ0) is 27.5. The summed E-state index contributed by atoms with van der Waals surface area (Å²) < 4.78 is 19.5. The van der Waals surface area contributed by atoms with Gasteiger partial charge in [-0.05, 0) is 54.2 Å². The zero-order valence-corrected chi connectivity index (χ0v) is 20.6. The van der Waals surface area contributed by atoms with Crippen LogP contribution in [0.5, 0.6) is 5.75 Å². The molecule has 1 saturated carbocycles. The monoisotopic (exact) mass is 530 g/mol. The standard InChI is InChI=1S/C28H23FN4O6/c29-24-12-1-2-13-25(24)39-17-26(34)31-28(20-8-4-10-22(16-20)33(37)38)23-11-5-7-19(27(23)30-31)14-18-6-3-9-21(15-18)32(35)36/h1-4,6,8-10,12-16,23,28H,5,7,11,17H2/b19-14+/t23-,28-/m0/s1. The molecule has 0 spiro atoms. The minimum Gasteiger partial charge on any atom is -0.481 e. The lowest BCUT2D eigenvalue weighted by Gasteiger charge is -2.29. The normalized spacial score (nSPS) is 19.4. The van der Waals surface area contributed by atoms with Crippen LogP contribution in [0.25, 0.3) is 6.08 Å². The summed E-state index contributed by atoms with van der Waals surface area (Å²) in [6, 6.07) is 17.4. The van der Waals surface area contributed by atoms with E-state index in [0.717, 1.165) is 12.0 Å². The predicted molar refractivity (Wildman–Crippen MR) is 140 cm³/mol. The van der Waals surface area contributed by atoms with Crippen LogP contribution in [-0.4, -0.2) is 33.1 Å². The number of nitrogens with zero attached hydrogens (tertiary/aromatic N) is 4. The van der Waals surface area contributed by atoms with E-state index in [1.807, 2.05) is 6.08 Å². The molecule has 1 aliphatic heterocycles. The van der Waals surface area contributed by atoms with E-state index >= 15 is 0 Å². The second kappa shape index (κ2) is 10.8.